The first kappa shape index (κ1) is 11.9. The van der Waals surface area contributed by atoms with E-state index < -0.39 is 12.7 Å². The molecule has 6 rings (SSSR count). The van der Waals surface area contributed by atoms with Gasteiger partial charge in [-0.25, -0.2) is 4.98 Å². The van der Waals surface area contributed by atoms with Gasteiger partial charge >= 0.3 is 0 Å². The predicted molar refractivity (Wildman–Crippen MR) is 108 cm³/mol. The summed E-state index contributed by atoms with van der Waals surface area (Å²) in [5, 5.41) is 1.67. The molecule has 2 bridgehead atoms. The third-order valence-corrected chi connectivity index (χ3v) is 6.32. The molecule has 0 aliphatic heterocycles. The second kappa shape index (κ2) is 5.66. The summed E-state index contributed by atoms with van der Waals surface area (Å²) in [6.07, 6.45) is 6.39. The monoisotopic (exact) mass is 358 g/mol. The predicted octanol–water partition coefficient (Wildman–Crippen LogP) is 6.26. The molecular formula is C24H22N2O. The Kier molecular flexibility index (Phi) is 2.50. The molecule has 2 saturated carbocycles. The molecule has 2 aliphatic carbocycles. The Hall–Kier alpha value is -2.68. The molecule has 3 unspecified atom stereocenters. The molecule has 0 N–H and O–H groups in total. The minimum Gasteiger partial charge on any atom is -0.437 e. The molecule has 4 aromatic rings. The second-order valence-corrected chi connectivity index (χ2v) is 7.87. The second-order valence-electron chi connectivity index (χ2n) is 7.87. The SMILES string of the molecule is [2H]C([2H])([2H])c1ccc2c(n1)oc1c(-c3ccc(C4([2H])CC5CCC4C5)cn3)cccc12. The highest BCUT2D eigenvalue weighted by Gasteiger charge is 2.40. The van der Waals surface area contributed by atoms with E-state index in [-0.39, 0.29) is 5.69 Å². The third-order valence-electron chi connectivity index (χ3n) is 6.32. The van der Waals surface area contributed by atoms with E-state index in [1.807, 2.05) is 36.5 Å². The van der Waals surface area contributed by atoms with Crippen LogP contribution in [0.2, 0.25) is 0 Å². The van der Waals surface area contributed by atoms with Gasteiger partial charge in [0.25, 0.3) is 0 Å². The van der Waals surface area contributed by atoms with Crippen molar-refractivity contribution in [2.75, 3.05) is 0 Å². The Labute approximate surface area is 164 Å². The molecule has 2 fully saturated rings. The van der Waals surface area contributed by atoms with E-state index in [9.17, 15) is 0 Å². The van der Waals surface area contributed by atoms with Crippen molar-refractivity contribution in [3.8, 4) is 11.3 Å². The fourth-order valence-electron chi connectivity index (χ4n) is 5.03. The normalized spacial score (nSPS) is 29.6. The van der Waals surface area contributed by atoms with Crippen LogP contribution in [-0.2, 0) is 0 Å². The van der Waals surface area contributed by atoms with Gasteiger partial charge < -0.3 is 4.42 Å². The average molecular weight is 358 g/mol. The number of nitrogens with zero attached hydrogens (tertiary/aromatic N) is 2. The highest BCUT2D eigenvalue weighted by molar-refractivity contribution is 6.08. The van der Waals surface area contributed by atoms with Gasteiger partial charge in [0.05, 0.1) is 5.69 Å². The number of rotatable bonds is 2. The topological polar surface area (TPSA) is 38.9 Å². The van der Waals surface area contributed by atoms with Crippen molar-refractivity contribution < 1.29 is 9.90 Å². The van der Waals surface area contributed by atoms with Crippen LogP contribution in [0.25, 0.3) is 33.3 Å². The van der Waals surface area contributed by atoms with Gasteiger partial charge in [0.2, 0.25) is 5.71 Å². The lowest BCUT2D eigenvalue weighted by Gasteiger charge is -2.21. The Morgan fingerprint density at radius 3 is 2.85 bits per heavy atom. The van der Waals surface area contributed by atoms with Gasteiger partial charge in [-0.05, 0) is 73.7 Å². The Bertz CT molecular complexity index is 1310. The highest BCUT2D eigenvalue weighted by atomic mass is 16.3. The summed E-state index contributed by atoms with van der Waals surface area (Å²) in [5.74, 6) is 0.635. The smallest absolute Gasteiger partial charge is 0.227 e. The lowest BCUT2D eigenvalue weighted by atomic mass is 9.84. The van der Waals surface area contributed by atoms with Gasteiger partial charge in [-0.1, -0.05) is 24.6 Å². The maximum Gasteiger partial charge on any atom is 0.227 e. The minimum atomic E-state index is -2.28. The number of aromatic nitrogens is 2. The zero-order valence-corrected chi connectivity index (χ0v) is 14.9. The number of hydrogen-bond acceptors (Lipinski definition) is 3. The van der Waals surface area contributed by atoms with Crippen LogP contribution in [0.1, 0.15) is 48.3 Å². The van der Waals surface area contributed by atoms with Gasteiger partial charge in [-0.3, -0.25) is 4.98 Å². The largest absolute Gasteiger partial charge is 0.437 e. The van der Waals surface area contributed by atoms with E-state index in [4.69, 9.17) is 14.9 Å². The molecule has 0 saturated heterocycles. The van der Waals surface area contributed by atoms with Crippen LogP contribution in [-0.4, -0.2) is 9.97 Å². The van der Waals surface area contributed by atoms with Crippen molar-refractivity contribution in [1.82, 2.24) is 9.97 Å². The fourth-order valence-corrected chi connectivity index (χ4v) is 5.03. The molecule has 3 heterocycles. The zero-order chi connectivity index (χ0) is 21.4. The number of hydrogen-bond donors (Lipinski definition) is 0. The summed E-state index contributed by atoms with van der Waals surface area (Å²) in [7, 11) is 0. The van der Waals surface area contributed by atoms with Crippen molar-refractivity contribution in [1.29, 1.82) is 0 Å². The van der Waals surface area contributed by atoms with E-state index in [1.54, 1.807) is 6.07 Å². The van der Waals surface area contributed by atoms with Crippen molar-refractivity contribution in [2.24, 2.45) is 11.8 Å². The lowest BCUT2D eigenvalue weighted by molar-refractivity contribution is 0.419. The summed E-state index contributed by atoms with van der Waals surface area (Å²) < 4.78 is 37.9. The maximum absolute atomic E-state index is 9.05. The van der Waals surface area contributed by atoms with E-state index in [2.05, 4.69) is 4.98 Å². The first-order valence-electron chi connectivity index (χ1n) is 11.6. The highest BCUT2D eigenvalue weighted by Crippen LogP contribution is 2.52. The van der Waals surface area contributed by atoms with Gasteiger partial charge in [0.15, 0.2) is 0 Å². The van der Waals surface area contributed by atoms with Crippen LogP contribution in [0, 0.1) is 18.7 Å². The molecule has 1 aromatic carbocycles. The summed E-state index contributed by atoms with van der Waals surface area (Å²) in [6.45, 7) is -2.28. The molecule has 3 nitrogen and oxygen atoms in total. The van der Waals surface area contributed by atoms with Crippen LogP contribution in [0.4, 0.5) is 0 Å². The molecule has 0 spiro atoms. The number of fused-ring (bicyclic) bond motifs is 5. The van der Waals surface area contributed by atoms with Gasteiger partial charge in [0.1, 0.15) is 5.58 Å². The molecule has 3 heteroatoms. The number of pyridine rings is 2. The van der Waals surface area contributed by atoms with Crippen LogP contribution in [0.15, 0.2) is 53.1 Å². The average Bonchev–Trinajstić information content (AvgIpc) is 3.45. The van der Waals surface area contributed by atoms with Crippen molar-refractivity contribution in [3.05, 3.63) is 59.9 Å². The molecule has 3 atom stereocenters. The quantitative estimate of drug-likeness (QED) is 0.425. The minimum absolute atomic E-state index is 0.0229. The Morgan fingerprint density at radius 2 is 2.07 bits per heavy atom. The molecule has 2 aliphatic rings. The maximum atomic E-state index is 9.05. The van der Waals surface area contributed by atoms with Crippen LogP contribution in [0.5, 0.6) is 0 Å². The first-order chi connectivity index (χ1) is 14.8. The van der Waals surface area contributed by atoms with E-state index in [0.29, 0.717) is 23.1 Å². The summed E-state index contributed by atoms with van der Waals surface area (Å²) >= 11 is 0. The summed E-state index contributed by atoms with van der Waals surface area (Å²) in [4.78, 5) is 8.95. The van der Waals surface area contributed by atoms with Crippen LogP contribution >= 0.6 is 0 Å². The van der Waals surface area contributed by atoms with E-state index in [1.165, 1.54) is 18.9 Å². The van der Waals surface area contributed by atoms with Crippen molar-refractivity contribution in [3.63, 3.8) is 0 Å². The van der Waals surface area contributed by atoms with Crippen LogP contribution < -0.4 is 0 Å². The first-order valence-corrected chi connectivity index (χ1v) is 9.62. The molecule has 3 aromatic heterocycles. The molecule has 0 radical (unpaired) electrons. The third kappa shape index (κ3) is 2.34. The number of para-hydroxylation sites is 1. The van der Waals surface area contributed by atoms with Gasteiger partial charge in [0, 0.05) is 33.7 Å². The van der Waals surface area contributed by atoms with E-state index >= 15 is 0 Å². The van der Waals surface area contributed by atoms with Crippen LogP contribution in [0.3, 0.4) is 0 Å². The van der Waals surface area contributed by atoms with Crippen molar-refractivity contribution >= 4 is 22.1 Å². The Balaban J connectivity index is 1.43. The summed E-state index contributed by atoms with van der Waals surface area (Å²) in [6, 6.07) is 13.2. The van der Waals surface area contributed by atoms with Crippen molar-refractivity contribution in [2.45, 2.75) is 38.4 Å². The van der Waals surface area contributed by atoms with Gasteiger partial charge in [-0.2, -0.15) is 0 Å². The molecule has 27 heavy (non-hydrogen) atoms. The Morgan fingerprint density at radius 1 is 1.07 bits per heavy atom. The zero-order valence-electron chi connectivity index (χ0n) is 18.9. The van der Waals surface area contributed by atoms with Gasteiger partial charge in [-0.15, -0.1) is 0 Å². The lowest BCUT2D eigenvalue weighted by Crippen LogP contribution is -2.08. The fraction of sp³-hybridized carbons (Fsp3) is 0.333. The number of benzene rings is 1. The number of aryl methyl sites for hydroxylation is 1. The molecule has 0 amide bonds. The molecule has 134 valence electrons. The molecular weight excluding hydrogens is 332 g/mol. The summed E-state index contributed by atoms with van der Waals surface area (Å²) in [5.41, 5.74) is 3.60. The number of furan rings is 1. The van der Waals surface area contributed by atoms with E-state index in [0.717, 1.165) is 40.4 Å². The standard InChI is InChI=1S/C24H22N2O/c1-14-5-9-19-18-3-2-4-20(23(18)27-24(19)26-14)22-10-8-17(13-25-22)21-12-15-6-7-16(21)11-15/h2-5,8-10,13,15-16,21H,6-7,11-12H2,1H3/i1D3,21D.